The molecule has 1 saturated heterocycles. The largest absolute Gasteiger partial charge is 0.349 e. The summed E-state index contributed by atoms with van der Waals surface area (Å²) < 4.78 is 0. The highest BCUT2D eigenvalue weighted by Gasteiger charge is 2.39. The van der Waals surface area contributed by atoms with E-state index in [-0.39, 0.29) is 30.7 Å². The molecule has 5 rings (SSSR count). The number of carbonyl (C=O) groups excluding carboxylic acids is 4. The highest BCUT2D eigenvalue weighted by atomic mass is 16.2. The number of pyridine rings is 1. The van der Waals surface area contributed by atoms with Gasteiger partial charge in [0, 0.05) is 30.4 Å². The van der Waals surface area contributed by atoms with Gasteiger partial charge in [-0.3, -0.25) is 29.5 Å². The van der Waals surface area contributed by atoms with Crippen LogP contribution in [0.25, 0.3) is 11.0 Å². The molecule has 2 aromatic heterocycles. The number of aromatic amines is 1. The maximum atomic E-state index is 12.7. The molecule has 3 N–H and O–H groups in total. The van der Waals surface area contributed by atoms with Gasteiger partial charge in [0.25, 0.3) is 11.8 Å². The molecule has 4 heterocycles. The molecule has 3 aromatic rings. The number of piperidine rings is 1. The SMILES string of the molecule is O=C1CCC(N2Cc3cc(NC(=O)c4cc5ncccc5[nH]4)ccc3C2=O)C(=O)N1. The third-order valence-corrected chi connectivity index (χ3v) is 5.41. The van der Waals surface area contributed by atoms with Crippen molar-refractivity contribution < 1.29 is 19.2 Å². The van der Waals surface area contributed by atoms with Crippen LogP contribution in [0.4, 0.5) is 5.69 Å². The van der Waals surface area contributed by atoms with Crippen LogP contribution in [0.3, 0.4) is 0 Å². The fourth-order valence-corrected chi connectivity index (χ4v) is 3.93. The lowest BCUT2D eigenvalue weighted by Crippen LogP contribution is -2.52. The molecule has 1 atom stereocenters. The molecule has 0 radical (unpaired) electrons. The van der Waals surface area contributed by atoms with Gasteiger partial charge in [-0.2, -0.15) is 0 Å². The third kappa shape index (κ3) is 3.00. The summed E-state index contributed by atoms with van der Waals surface area (Å²) in [7, 11) is 0. The first-order chi connectivity index (χ1) is 14.5. The van der Waals surface area contributed by atoms with Crippen LogP contribution in [0.15, 0.2) is 42.6 Å². The van der Waals surface area contributed by atoms with Crippen LogP contribution in [0, 0.1) is 0 Å². The molecule has 1 fully saturated rings. The Balaban J connectivity index is 1.34. The van der Waals surface area contributed by atoms with E-state index in [1.54, 1.807) is 36.5 Å². The van der Waals surface area contributed by atoms with Crippen molar-refractivity contribution in [1.82, 2.24) is 20.2 Å². The maximum absolute atomic E-state index is 12.7. The summed E-state index contributed by atoms with van der Waals surface area (Å²) in [6.45, 7) is 0.250. The molecule has 2 aliphatic rings. The summed E-state index contributed by atoms with van der Waals surface area (Å²) in [5.74, 6) is -1.34. The molecule has 9 nitrogen and oxygen atoms in total. The van der Waals surface area contributed by atoms with Gasteiger partial charge in [-0.15, -0.1) is 0 Å². The summed E-state index contributed by atoms with van der Waals surface area (Å²) in [5, 5.41) is 5.10. The molecule has 4 amide bonds. The molecular weight excluding hydrogens is 386 g/mol. The molecule has 30 heavy (non-hydrogen) atoms. The van der Waals surface area contributed by atoms with Crippen LogP contribution < -0.4 is 10.6 Å². The monoisotopic (exact) mass is 403 g/mol. The molecule has 0 aliphatic carbocycles. The van der Waals surface area contributed by atoms with Gasteiger partial charge in [-0.1, -0.05) is 0 Å². The van der Waals surface area contributed by atoms with Gasteiger partial charge in [-0.25, -0.2) is 0 Å². The van der Waals surface area contributed by atoms with Crippen LogP contribution in [0.2, 0.25) is 0 Å². The lowest BCUT2D eigenvalue weighted by molar-refractivity contribution is -0.136. The van der Waals surface area contributed by atoms with Crippen molar-refractivity contribution in [1.29, 1.82) is 0 Å². The lowest BCUT2D eigenvalue weighted by Gasteiger charge is -2.29. The van der Waals surface area contributed by atoms with E-state index in [0.29, 0.717) is 28.9 Å². The van der Waals surface area contributed by atoms with Crippen molar-refractivity contribution in [2.24, 2.45) is 0 Å². The maximum Gasteiger partial charge on any atom is 0.272 e. The third-order valence-electron chi connectivity index (χ3n) is 5.41. The van der Waals surface area contributed by atoms with Gasteiger partial charge in [0.1, 0.15) is 11.7 Å². The van der Waals surface area contributed by atoms with Crippen LogP contribution in [0.5, 0.6) is 0 Å². The molecule has 1 unspecified atom stereocenters. The Morgan fingerprint density at radius 1 is 1.17 bits per heavy atom. The Labute approximate surface area is 170 Å². The average molecular weight is 403 g/mol. The predicted molar refractivity (Wildman–Crippen MR) is 107 cm³/mol. The number of nitrogens with zero attached hydrogens (tertiary/aromatic N) is 2. The summed E-state index contributed by atoms with van der Waals surface area (Å²) in [5.41, 5.74) is 3.60. The van der Waals surface area contributed by atoms with E-state index in [1.807, 2.05) is 6.07 Å². The fourth-order valence-electron chi connectivity index (χ4n) is 3.93. The minimum atomic E-state index is -0.667. The Kier molecular flexibility index (Phi) is 4.09. The van der Waals surface area contributed by atoms with Crippen molar-refractivity contribution >= 4 is 40.3 Å². The summed E-state index contributed by atoms with van der Waals surface area (Å²) >= 11 is 0. The fraction of sp³-hybridized carbons (Fsp3) is 0.190. The number of carbonyl (C=O) groups is 4. The zero-order chi connectivity index (χ0) is 20.8. The molecule has 2 aliphatic heterocycles. The molecule has 0 saturated carbocycles. The number of nitrogens with one attached hydrogen (secondary N) is 3. The Hall–Kier alpha value is -4.01. The number of hydrogen-bond acceptors (Lipinski definition) is 5. The van der Waals surface area contributed by atoms with Crippen LogP contribution in [-0.4, -0.2) is 44.5 Å². The number of H-pyrrole nitrogens is 1. The highest BCUT2D eigenvalue weighted by molar-refractivity contribution is 6.07. The summed E-state index contributed by atoms with van der Waals surface area (Å²) in [4.78, 5) is 57.6. The van der Waals surface area contributed by atoms with Crippen molar-refractivity contribution in [3.63, 3.8) is 0 Å². The first kappa shape index (κ1) is 18.0. The van der Waals surface area contributed by atoms with Gasteiger partial charge in [-0.05, 0) is 48.4 Å². The number of amides is 4. The number of anilines is 1. The average Bonchev–Trinajstić information content (AvgIpc) is 3.29. The van der Waals surface area contributed by atoms with Crippen molar-refractivity contribution in [2.75, 3.05) is 5.32 Å². The van der Waals surface area contributed by atoms with E-state index in [4.69, 9.17) is 0 Å². The minimum Gasteiger partial charge on any atom is -0.349 e. The number of rotatable bonds is 3. The number of hydrogen-bond donors (Lipinski definition) is 3. The van der Waals surface area contributed by atoms with Gasteiger partial charge in [0.2, 0.25) is 11.8 Å². The van der Waals surface area contributed by atoms with E-state index >= 15 is 0 Å². The van der Waals surface area contributed by atoms with Crippen molar-refractivity contribution in [2.45, 2.75) is 25.4 Å². The van der Waals surface area contributed by atoms with Crippen LogP contribution >= 0.6 is 0 Å². The minimum absolute atomic E-state index is 0.206. The van der Waals surface area contributed by atoms with E-state index in [1.165, 1.54) is 4.90 Å². The molecule has 0 bridgehead atoms. The molecule has 0 spiro atoms. The van der Waals surface area contributed by atoms with Crippen molar-refractivity contribution in [3.05, 3.63) is 59.4 Å². The molecular formula is C21H17N5O4. The van der Waals surface area contributed by atoms with Crippen LogP contribution in [-0.2, 0) is 16.1 Å². The van der Waals surface area contributed by atoms with E-state index in [0.717, 1.165) is 11.1 Å². The van der Waals surface area contributed by atoms with Gasteiger partial charge < -0.3 is 15.2 Å². The van der Waals surface area contributed by atoms with Crippen LogP contribution in [0.1, 0.15) is 39.3 Å². The number of benzene rings is 1. The highest BCUT2D eigenvalue weighted by Crippen LogP contribution is 2.29. The molecule has 1 aromatic carbocycles. The quantitative estimate of drug-likeness (QED) is 0.573. The standard InChI is InChI=1S/C21H17N5O4/c27-18-6-5-17(20(29)25-18)26-10-11-8-12(3-4-13(11)21(26)30)23-19(28)16-9-15-14(24-16)2-1-7-22-15/h1-4,7-9,17,24H,5-6,10H2,(H,23,28)(H,25,27,29). The first-order valence-electron chi connectivity index (χ1n) is 9.52. The summed E-state index contributed by atoms with van der Waals surface area (Å²) in [6, 6.07) is 9.66. The number of fused-ring (bicyclic) bond motifs is 2. The number of aromatic nitrogens is 2. The zero-order valence-electron chi connectivity index (χ0n) is 15.8. The number of imide groups is 1. The Morgan fingerprint density at radius 3 is 2.83 bits per heavy atom. The van der Waals surface area contributed by atoms with Gasteiger partial charge in [0.05, 0.1) is 11.0 Å². The normalized spacial score (nSPS) is 18.5. The Bertz CT molecular complexity index is 1200. The second-order valence-corrected chi connectivity index (χ2v) is 7.35. The second kappa shape index (κ2) is 6.80. The second-order valence-electron chi connectivity index (χ2n) is 7.35. The predicted octanol–water partition coefficient (Wildman–Crippen LogP) is 1.58. The summed E-state index contributed by atoms with van der Waals surface area (Å²) in [6.07, 6.45) is 2.17. The molecule has 9 heteroatoms. The van der Waals surface area contributed by atoms with E-state index in [9.17, 15) is 19.2 Å². The first-order valence-corrected chi connectivity index (χ1v) is 9.52. The smallest absolute Gasteiger partial charge is 0.272 e. The lowest BCUT2D eigenvalue weighted by atomic mass is 10.0. The van der Waals surface area contributed by atoms with Crippen molar-refractivity contribution in [3.8, 4) is 0 Å². The molecule has 150 valence electrons. The van der Waals surface area contributed by atoms with E-state index < -0.39 is 11.9 Å². The Morgan fingerprint density at radius 2 is 2.03 bits per heavy atom. The zero-order valence-corrected chi connectivity index (χ0v) is 15.8. The topological polar surface area (TPSA) is 124 Å². The van der Waals surface area contributed by atoms with Gasteiger partial charge >= 0.3 is 0 Å². The van der Waals surface area contributed by atoms with E-state index in [2.05, 4.69) is 20.6 Å². The van der Waals surface area contributed by atoms with Gasteiger partial charge in [0.15, 0.2) is 0 Å².